The maximum absolute atomic E-state index is 12.9. The predicted molar refractivity (Wildman–Crippen MR) is 120 cm³/mol. The molecule has 152 valence electrons. The highest BCUT2D eigenvalue weighted by atomic mass is 32.1. The molecule has 0 radical (unpaired) electrons. The molecule has 4 aromatic rings. The predicted octanol–water partition coefficient (Wildman–Crippen LogP) is 5.15. The molecule has 2 aromatic carbocycles. The minimum absolute atomic E-state index is 0.00646. The molecule has 0 spiro atoms. The molecule has 0 aliphatic rings. The van der Waals surface area contributed by atoms with E-state index in [0.717, 1.165) is 20.7 Å². The molecule has 30 heavy (non-hydrogen) atoms. The first kappa shape index (κ1) is 20.0. The Kier molecular flexibility index (Phi) is 5.47. The fraction of sp³-hybridized carbons (Fsp3) is 0.143. The number of amides is 1. The molecule has 1 amide bonds. The van der Waals surface area contributed by atoms with Crippen LogP contribution in [0.4, 0.5) is 5.69 Å². The Labute approximate surface area is 179 Å². The number of nitro benzene ring substituents is 1. The number of thiophene rings is 1. The maximum Gasteiger partial charge on any atom is 0.289 e. The summed E-state index contributed by atoms with van der Waals surface area (Å²) in [6.07, 6.45) is 1.75. The standard InChI is InChI=1S/C21H17N3O4S2/c1-3-10-23-19-15(28-4-2)6-5-7-17(19)30-21(23)22-20(25)18-12-13-11-14(24(26)27)8-9-16(13)29-18/h3,5-9,11-12H,1,4,10H2,2H3. The van der Waals surface area contributed by atoms with Crippen LogP contribution in [0, 0.1) is 10.1 Å². The molecule has 9 heteroatoms. The average Bonchev–Trinajstić information content (AvgIpc) is 3.30. The molecule has 2 heterocycles. The third kappa shape index (κ3) is 3.64. The minimum Gasteiger partial charge on any atom is -0.492 e. The molecular weight excluding hydrogens is 422 g/mol. The molecular formula is C21H17N3O4S2. The number of allylic oxidation sites excluding steroid dienone is 1. The summed E-state index contributed by atoms with van der Waals surface area (Å²) in [5, 5.41) is 11.6. The van der Waals surface area contributed by atoms with E-state index >= 15 is 0 Å². The molecule has 4 rings (SSSR count). The highest BCUT2D eigenvalue weighted by Gasteiger charge is 2.15. The van der Waals surface area contributed by atoms with E-state index in [9.17, 15) is 14.9 Å². The van der Waals surface area contributed by atoms with Crippen LogP contribution in [0.1, 0.15) is 16.6 Å². The van der Waals surface area contributed by atoms with Crippen molar-refractivity contribution in [3.8, 4) is 5.75 Å². The number of carbonyl (C=O) groups is 1. The number of non-ortho nitro benzene ring substituents is 1. The van der Waals surface area contributed by atoms with Gasteiger partial charge in [0.25, 0.3) is 11.6 Å². The number of aromatic nitrogens is 1. The van der Waals surface area contributed by atoms with Crippen LogP contribution in [0.5, 0.6) is 5.75 Å². The number of fused-ring (bicyclic) bond motifs is 2. The van der Waals surface area contributed by atoms with E-state index in [1.54, 1.807) is 18.2 Å². The molecule has 0 unspecified atom stereocenters. The van der Waals surface area contributed by atoms with Crippen LogP contribution in [0.25, 0.3) is 20.3 Å². The lowest BCUT2D eigenvalue weighted by Crippen LogP contribution is -2.16. The average molecular weight is 440 g/mol. The quantitative estimate of drug-likeness (QED) is 0.236. The van der Waals surface area contributed by atoms with Crippen LogP contribution >= 0.6 is 22.7 Å². The molecule has 7 nitrogen and oxygen atoms in total. The first-order valence-electron chi connectivity index (χ1n) is 9.15. The van der Waals surface area contributed by atoms with Gasteiger partial charge < -0.3 is 9.30 Å². The largest absolute Gasteiger partial charge is 0.492 e. The number of nitro groups is 1. The van der Waals surface area contributed by atoms with Crippen molar-refractivity contribution in [2.75, 3.05) is 6.61 Å². The maximum atomic E-state index is 12.9. The summed E-state index contributed by atoms with van der Waals surface area (Å²) < 4.78 is 9.42. The van der Waals surface area contributed by atoms with E-state index in [0.29, 0.717) is 28.2 Å². The summed E-state index contributed by atoms with van der Waals surface area (Å²) in [5.74, 6) is 0.345. The Morgan fingerprint density at radius 2 is 2.10 bits per heavy atom. The zero-order valence-corrected chi connectivity index (χ0v) is 17.7. The number of carbonyl (C=O) groups excluding carboxylic acids is 1. The number of hydrogen-bond acceptors (Lipinski definition) is 6. The molecule has 0 aliphatic heterocycles. The third-order valence-electron chi connectivity index (χ3n) is 4.39. The van der Waals surface area contributed by atoms with E-state index in [1.807, 2.05) is 29.7 Å². The second-order valence-corrected chi connectivity index (χ2v) is 8.42. The van der Waals surface area contributed by atoms with Gasteiger partial charge in [0, 0.05) is 28.8 Å². The van der Waals surface area contributed by atoms with Crippen LogP contribution < -0.4 is 9.54 Å². The molecule has 2 aromatic heterocycles. The highest BCUT2D eigenvalue weighted by molar-refractivity contribution is 7.21. The second-order valence-electron chi connectivity index (χ2n) is 6.33. The van der Waals surface area contributed by atoms with E-state index < -0.39 is 4.92 Å². The zero-order chi connectivity index (χ0) is 21.3. The third-order valence-corrected chi connectivity index (χ3v) is 6.54. The lowest BCUT2D eigenvalue weighted by atomic mass is 10.2. The number of rotatable bonds is 6. The van der Waals surface area contributed by atoms with Crippen molar-refractivity contribution in [1.29, 1.82) is 0 Å². The lowest BCUT2D eigenvalue weighted by molar-refractivity contribution is -0.384. The number of hydrogen-bond donors (Lipinski definition) is 0. The molecule has 0 fully saturated rings. The molecule has 0 aliphatic carbocycles. The zero-order valence-electron chi connectivity index (χ0n) is 16.0. The van der Waals surface area contributed by atoms with Gasteiger partial charge in [0.15, 0.2) is 4.80 Å². The Morgan fingerprint density at radius 1 is 1.27 bits per heavy atom. The first-order chi connectivity index (χ1) is 14.5. The Hall–Kier alpha value is -3.30. The van der Waals surface area contributed by atoms with Gasteiger partial charge in [-0.3, -0.25) is 14.9 Å². The van der Waals surface area contributed by atoms with Gasteiger partial charge in [-0.2, -0.15) is 4.99 Å². The smallest absolute Gasteiger partial charge is 0.289 e. The van der Waals surface area contributed by atoms with Crippen LogP contribution in [0.15, 0.2) is 60.1 Å². The summed E-state index contributed by atoms with van der Waals surface area (Å²) in [6, 6.07) is 12.0. The van der Waals surface area contributed by atoms with Crippen molar-refractivity contribution in [3.05, 3.63) is 74.9 Å². The van der Waals surface area contributed by atoms with E-state index in [1.165, 1.54) is 34.8 Å². The normalized spacial score (nSPS) is 11.8. The number of para-hydroxylation sites is 1. The van der Waals surface area contributed by atoms with Crippen LogP contribution in [-0.2, 0) is 6.54 Å². The fourth-order valence-electron chi connectivity index (χ4n) is 3.14. The van der Waals surface area contributed by atoms with E-state index in [2.05, 4.69) is 11.6 Å². The fourth-order valence-corrected chi connectivity index (χ4v) is 5.13. The topological polar surface area (TPSA) is 86.7 Å². The summed E-state index contributed by atoms with van der Waals surface area (Å²) in [5.41, 5.74) is 0.871. The highest BCUT2D eigenvalue weighted by Crippen LogP contribution is 2.30. The van der Waals surface area contributed by atoms with Gasteiger partial charge in [-0.05, 0) is 31.2 Å². The molecule has 0 bridgehead atoms. The summed E-state index contributed by atoms with van der Waals surface area (Å²) >= 11 is 2.67. The summed E-state index contributed by atoms with van der Waals surface area (Å²) in [4.78, 5) is 28.8. The van der Waals surface area contributed by atoms with Gasteiger partial charge >= 0.3 is 0 Å². The van der Waals surface area contributed by atoms with Crippen molar-refractivity contribution in [3.63, 3.8) is 0 Å². The lowest BCUT2D eigenvalue weighted by Gasteiger charge is -2.07. The SMILES string of the molecule is C=CCn1c(=NC(=O)c2cc3cc([N+](=O)[O-])ccc3s2)sc2cccc(OCC)c21. The summed E-state index contributed by atoms with van der Waals surface area (Å²) in [6.45, 7) is 6.74. The van der Waals surface area contributed by atoms with Crippen LogP contribution in [-0.4, -0.2) is 22.0 Å². The van der Waals surface area contributed by atoms with Gasteiger partial charge in [-0.1, -0.05) is 23.5 Å². The van der Waals surface area contributed by atoms with Gasteiger partial charge in [-0.15, -0.1) is 17.9 Å². The second kappa shape index (κ2) is 8.21. The van der Waals surface area contributed by atoms with Crippen molar-refractivity contribution in [2.24, 2.45) is 4.99 Å². The monoisotopic (exact) mass is 439 g/mol. The minimum atomic E-state index is -0.450. The Bertz CT molecular complexity index is 1360. The van der Waals surface area contributed by atoms with Crippen LogP contribution in [0.2, 0.25) is 0 Å². The number of nitrogens with zero attached hydrogens (tertiary/aromatic N) is 3. The van der Waals surface area contributed by atoms with Crippen molar-refractivity contribution in [2.45, 2.75) is 13.5 Å². The Balaban J connectivity index is 1.82. The first-order valence-corrected chi connectivity index (χ1v) is 10.8. The van der Waals surface area contributed by atoms with E-state index in [-0.39, 0.29) is 11.6 Å². The van der Waals surface area contributed by atoms with Gasteiger partial charge in [0.05, 0.1) is 21.1 Å². The summed E-state index contributed by atoms with van der Waals surface area (Å²) in [7, 11) is 0. The van der Waals surface area contributed by atoms with Crippen LogP contribution in [0.3, 0.4) is 0 Å². The van der Waals surface area contributed by atoms with Crippen molar-refractivity contribution >= 4 is 54.6 Å². The molecule has 0 saturated carbocycles. The van der Waals surface area contributed by atoms with Gasteiger partial charge in [0.1, 0.15) is 11.3 Å². The van der Waals surface area contributed by atoms with Gasteiger partial charge in [0.2, 0.25) is 0 Å². The number of ether oxygens (including phenoxy) is 1. The van der Waals surface area contributed by atoms with Crippen molar-refractivity contribution in [1.82, 2.24) is 4.57 Å². The molecule has 0 saturated heterocycles. The van der Waals surface area contributed by atoms with Crippen molar-refractivity contribution < 1.29 is 14.5 Å². The Morgan fingerprint density at radius 3 is 2.83 bits per heavy atom. The van der Waals surface area contributed by atoms with E-state index in [4.69, 9.17) is 4.74 Å². The van der Waals surface area contributed by atoms with Gasteiger partial charge in [-0.25, -0.2) is 0 Å². The molecule has 0 atom stereocenters. The number of benzene rings is 2. The number of thiazole rings is 1. The molecule has 0 N–H and O–H groups in total.